The number of hydrogen-bond acceptors (Lipinski definition) is 9. The molecule has 1 amide bonds. The zero-order valence-electron chi connectivity index (χ0n) is 22.6. The lowest BCUT2D eigenvalue weighted by Gasteiger charge is -2.15. The van der Waals surface area contributed by atoms with Crippen LogP contribution in [0.3, 0.4) is 0 Å². The molecule has 1 aromatic carbocycles. The molecule has 0 bridgehead atoms. The normalized spacial score (nSPS) is 12.2. The minimum atomic E-state index is -0.393. The Hall–Kier alpha value is -4.06. The van der Waals surface area contributed by atoms with Gasteiger partial charge in [-0.1, -0.05) is 18.7 Å². The minimum Gasteiger partial charge on any atom is -0.493 e. The van der Waals surface area contributed by atoms with Crippen molar-refractivity contribution in [3.05, 3.63) is 59.6 Å². The molecule has 204 valence electrons. The van der Waals surface area contributed by atoms with Gasteiger partial charge in [-0.25, -0.2) is 9.97 Å². The predicted molar refractivity (Wildman–Crippen MR) is 147 cm³/mol. The van der Waals surface area contributed by atoms with Crippen LogP contribution in [-0.4, -0.2) is 54.7 Å². The smallest absolute Gasteiger partial charge is 0.233 e. The lowest BCUT2D eigenvalue weighted by atomic mass is 10.2. The lowest BCUT2D eigenvalue weighted by molar-refractivity contribution is -0.120. The molecule has 1 atom stereocenters. The number of hydrogen-bond donors (Lipinski definition) is 1. The lowest BCUT2D eigenvalue weighted by Crippen LogP contribution is -2.32. The van der Waals surface area contributed by atoms with Crippen molar-refractivity contribution in [3.63, 3.8) is 0 Å². The number of methoxy groups -OCH3 is 2. The molecule has 39 heavy (non-hydrogen) atoms. The van der Waals surface area contributed by atoms with Crippen molar-refractivity contribution < 1.29 is 18.7 Å². The second-order valence-electron chi connectivity index (χ2n) is 9.09. The van der Waals surface area contributed by atoms with E-state index in [9.17, 15) is 4.79 Å². The Morgan fingerprint density at radius 3 is 2.59 bits per heavy atom. The number of nitrogens with zero attached hydrogens (tertiary/aromatic N) is 6. The van der Waals surface area contributed by atoms with Crippen LogP contribution in [0.2, 0.25) is 0 Å². The Morgan fingerprint density at radius 1 is 1.13 bits per heavy atom. The zero-order valence-corrected chi connectivity index (χ0v) is 23.4. The molecule has 0 saturated heterocycles. The minimum absolute atomic E-state index is 0.105. The molecule has 0 aliphatic carbocycles. The van der Waals surface area contributed by atoms with Crippen LogP contribution in [0.4, 0.5) is 0 Å². The van der Waals surface area contributed by atoms with Crippen molar-refractivity contribution in [1.82, 2.24) is 34.7 Å². The van der Waals surface area contributed by atoms with Gasteiger partial charge < -0.3 is 19.2 Å². The van der Waals surface area contributed by atoms with Gasteiger partial charge in [0.1, 0.15) is 5.76 Å². The Labute approximate surface area is 229 Å². The highest BCUT2D eigenvalue weighted by atomic mass is 32.2. The first-order valence-electron chi connectivity index (χ1n) is 12.7. The van der Waals surface area contributed by atoms with Crippen LogP contribution >= 0.6 is 11.8 Å². The topological polar surface area (TPSA) is 122 Å². The molecule has 0 aliphatic rings. The maximum absolute atomic E-state index is 13.1. The largest absolute Gasteiger partial charge is 0.493 e. The van der Waals surface area contributed by atoms with Gasteiger partial charge in [0, 0.05) is 30.1 Å². The van der Waals surface area contributed by atoms with Crippen molar-refractivity contribution in [1.29, 1.82) is 0 Å². The Balaban J connectivity index is 1.51. The Kier molecular flexibility index (Phi) is 7.73. The Bertz CT molecular complexity index is 1610. The summed E-state index contributed by atoms with van der Waals surface area (Å²) >= 11 is 1.35. The number of ether oxygens (including phenoxy) is 2. The number of amides is 1. The maximum Gasteiger partial charge on any atom is 0.233 e. The molecule has 0 unspecified atom stereocenters. The summed E-state index contributed by atoms with van der Waals surface area (Å²) < 4.78 is 20.1. The van der Waals surface area contributed by atoms with Gasteiger partial charge in [-0.05, 0) is 44.5 Å². The first kappa shape index (κ1) is 26.5. The second kappa shape index (κ2) is 11.4. The molecule has 0 radical (unpaired) electrons. The van der Waals surface area contributed by atoms with Crippen LogP contribution < -0.4 is 14.8 Å². The summed E-state index contributed by atoms with van der Waals surface area (Å²) in [7, 11) is 3.18. The van der Waals surface area contributed by atoms with E-state index in [0.717, 1.165) is 16.8 Å². The number of carbonyl (C=O) groups excluding carboxylic acids is 1. The van der Waals surface area contributed by atoms with E-state index < -0.39 is 5.25 Å². The first-order chi connectivity index (χ1) is 18.9. The van der Waals surface area contributed by atoms with E-state index in [1.165, 1.54) is 11.8 Å². The number of nitrogens with one attached hydrogen (secondary N) is 1. The number of aromatic nitrogens is 6. The molecule has 4 aromatic heterocycles. The Morgan fingerprint density at radius 2 is 1.92 bits per heavy atom. The number of aryl methyl sites for hydroxylation is 4. The summed E-state index contributed by atoms with van der Waals surface area (Å²) in [4.78, 5) is 22.8. The molecule has 0 fully saturated rings. The van der Waals surface area contributed by atoms with Crippen LogP contribution in [0.15, 0.2) is 46.2 Å². The molecular formula is C27H31N7O4S. The SMILES string of the molecule is CC[C@@H](Sc1nc2cc(OC)c(OC)cc2c2nc(CCn3nc(C)cc3C)nn12)C(=O)NCc1ccco1. The van der Waals surface area contributed by atoms with E-state index in [-0.39, 0.29) is 5.91 Å². The van der Waals surface area contributed by atoms with Crippen molar-refractivity contribution in [2.75, 3.05) is 14.2 Å². The number of rotatable bonds is 11. The van der Waals surface area contributed by atoms with Gasteiger partial charge in [-0.2, -0.15) is 9.61 Å². The fourth-order valence-corrected chi connectivity index (χ4v) is 5.38. The van der Waals surface area contributed by atoms with Gasteiger partial charge in [-0.15, -0.1) is 5.10 Å². The monoisotopic (exact) mass is 549 g/mol. The molecule has 5 rings (SSSR count). The standard InChI is InChI=1S/C27H31N7O4S/c1-6-23(26(35)28-15-18-8-7-11-38-18)39-27-29-20-14-22(37-5)21(36-4)13-19(20)25-30-24(32-34(25)27)9-10-33-17(3)12-16(2)31-33/h7-8,11-14,23H,6,9-10,15H2,1-5H3,(H,28,35)/t23-/m1/s1. The van der Waals surface area contributed by atoms with Crippen molar-refractivity contribution >= 4 is 34.2 Å². The van der Waals surface area contributed by atoms with E-state index in [4.69, 9.17) is 29.0 Å². The highest BCUT2D eigenvalue weighted by Gasteiger charge is 2.23. The third-order valence-corrected chi connectivity index (χ3v) is 7.68. The van der Waals surface area contributed by atoms with Gasteiger partial charge in [0.05, 0.1) is 43.5 Å². The molecule has 0 aliphatic heterocycles. The van der Waals surface area contributed by atoms with Crippen molar-refractivity contribution in [2.24, 2.45) is 0 Å². The zero-order chi connectivity index (χ0) is 27.5. The van der Waals surface area contributed by atoms with Gasteiger partial charge in [-0.3, -0.25) is 9.48 Å². The second-order valence-corrected chi connectivity index (χ2v) is 10.3. The number of thioether (sulfide) groups is 1. The third-order valence-electron chi connectivity index (χ3n) is 6.37. The summed E-state index contributed by atoms with van der Waals surface area (Å²) in [6.45, 7) is 6.95. The number of carbonyl (C=O) groups is 1. The van der Waals surface area contributed by atoms with Gasteiger partial charge in [0.2, 0.25) is 5.91 Å². The summed E-state index contributed by atoms with van der Waals surface area (Å²) in [6, 6.07) is 9.35. The van der Waals surface area contributed by atoms with Crippen LogP contribution in [0.25, 0.3) is 16.6 Å². The van der Waals surface area contributed by atoms with Crippen LogP contribution in [-0.2, 0) is 24.3 Å². The number of fused-ring (bicyclic) bond motifs is 3. The highest BCUT2D eigenvalue weighted by molar-refractivity contribution is 8.00. The highest BCUT2D eigenvalue weighted by Crippen LogP contribution is 2.35. The average Bonchev–Trinajstić information content (AvgIpc) is 3.68. The van der Waals surface area contributed by atoms with Gasteiger partial charge >= 0.3 is 0 Å². The van der Waals surface area contributed by atoms with E-state index in [1.807, 2.05) is 49.7 Å². The summed E-state index contributed by atoms with van der Waals surface area (Å²) in [6.07, 6.45) is 2.77. The van der Waals surface area contributed by atoms with Crippen molar-refractivity contribution in [2.45, 2.75) is 57.1 Å². The van der Waals surface area contributed by atoms with Crippen LogP contribution in [0, 0.1) is 13.8 Å². The molecule has 11 nitrogen and oxygen atoms in total. The van der Waals surface area contributed by atoms with Crippen LogP contribution in [0.5, 0.6) is 11.5 Å². The van der Waals surface area contributed by atoms with Gasteiger partial charge in [0.25, 0.3) is 0 Å². The van der Waals surface area contributed by atoms with Crippen LogP contribution in [0.1, 0.15) is 36.3 Å². The molecule has 4 heterocycles. The maximum atomic E-state index is 13.1. The van der Waals surface area contributed by atoms with E-state index in [0.29, 0.717) is 65.3 Å². The predicted octanol–water partition coefficient (Wildman–Crippen LogP) is 4.13. The van der Waals surface area contributed by atoms with E-state index in [1.54, 1.807) is 31.1 Å². The van der Waals surface area contributed by atoms with Gasteiger partial charge in [0.15, 0.2) is 28.1 Å². The fourth-order valence-electron chi connectivity index (χ4n) is 4.39. The quantitative estimate of drug-likeness (QED) is 0.191. The average molecular weight is 550 g/mol. The summed E-state index contributed by atoms with van der Waals surface area (Å²) in [5, 5.41) is 13.3. The molecule has 1 N–H and O–H groups in total. The van der Waals surface area contributed by atoms with E-state index in [2.05, 4.69) is 10.4 Å². The molecule has 0 saturated carbocycles. The summed E-state index contributed by atoms with van der Waals surface area (Å²) in [5.74, 6) is 2.38. The third kappa shape index (κ3) is 5.56. The van der Waals surface area contributed by atoms with Crippen molar-refractivity contribution in [3.8, 4) is 11.5 Å². The fraction of sp³-hybridized carbons (Fsp3) is 0.370. The molecular weight excluding hydrogens is 518 g/mol. The number of benzene rings is 1. The number of furan rings is 1. The molecule has 12 heteroatoms. The first-order valence-corrected chi connectivity index (χ1v) is 13.6. The molecule has 0 spiro atoms. The van der Waals surface area contributed by atoms with E-state index >= 15 is 0 Å². The molecule has 5 aromatic rings. The summed E-state index contributed by atoms with van der Waals surface area (Å²) in [5.41, 5.74) is 3.37.